The Bertz CT molecular complexity index is 2330. The first kappa shape index (κ1) is 40.9. The molecule has 5 aromatic carbocycles. The van der Waals surface area contributed by atoms with Gasteiger partial charge in [0.25, 0.3) is 0 Å². The quantitative estimate of drug-likeness (QED) is 0.0781. The molecule has 0 radical (unpaired) electrons. The summed E-state index contributed by atoms with van der Waals surface area (Å²) in [7, 11) is 2.21. The summed E-state index contributed by atoms with van der Waals surface area (Å²) in [6, 6.07) is 43.7. The monoisotopic (exact) mass is 781 g/mol. The van der Waals surface area contributed by atoms with Crippen LogP contribution in [0.3, 0.4) is 0 Å². The van der Waals surface area contributed by atoms with Crippen LogP contribution >= 0.6 is 11.6 Å². The van der Waals surface area contributed by atoms with E-state index in [0.29, 0.717) is 11.8 Å². The van der Waals surface area contributed by atoms with Crippen molar-refractivity contribution in [2.75, 3.05) is 18.5 Å². The summed E-state index contributed by atoms with van der Waals surface area (Å²) in [5.74, 6) is 1.09. The molecular weight excluding hydrogens is 724 g/mol. The molecule has 1 aliphatic heterocycles. The van der Waals surface area contributed by atoms with Gasteiger partial charge in [-0.3, -0.25) is 0 Å². The second-order valence-electron chi connectivity index (χ2n) is 16.9. The highest BCUT2D eigenvalue weighted by molar-refractivity contribution is 6.30. The van der Waals surface area contributed by atoms with Crippen molar-refractivity contribution in [1.29, 1.82) is 0 Å². The number of quaternary nitrogens is 1. The molecule has 0 spiro atoms. The lowest BCUT2D eigenvalue weighted by Gasteiger charge is -2.37. The van der Waals surface area contributed by atoms with E-state index >= 15 is 0 Å². The zero-order valence-corrected chi connectivity index (χ0v) is 35.4. The maximum absolute atomic E-state index is 6.85. The molecule has 7 rings (SSSR count). The molecule has 0 amide bonds. The van der Waals surface area contributed by atoms with E-state index < -0.39 is 0 Å². The Balaban J connectivity index is 1.17. The van der Waals surface area contributed by atoms with Gasteiger partial charge in [0.05, 0.1) is 6.54 Å². The molecule has 5 aromatic rings. The first-order chi connectivity index (χ1) is 28.3. The van der Waals surface area contributed by atoms with Crippen LogP contribution in [0, 0.1) is 24.0 Å². The van der Waals surface area contributed by atoms with Gasteiger partial charge in [0.1, 0.15) is 5.69 Å². The fraction of sp³-hybridized carbons (Fsp3) is 0.273. The number of anilines is 1. The lowest BCUT2D eigenvalue weighted by atomic mass is 9.66. The van der Waals surface area contributed by atoms with E-state index in [1.54, 1.807) is 0 Å². The standard InChI is InChI=1S/C55H57ClN2/c1-42(2)35-37-57-50-33-32-47(56)38-49(50)55(40-44-24-14-10-15-25-44,41-45-26-16-11-17-27-45)36-21-8-6-5-7-18-30-52-54(3,39-43-22-12-9-13-23-43)53-48-29-20-19-28-46(48)31-34-51(53)58(52)4/h5-16,18-24,26,28-34,38,42,44,57H,25,35-37,39-41H2,1-4H3/p+1/b6-5+,18-7+,21-8+,52-30+. The zero-order chi connectivity index (χ0) is 40.4. The molecule has 0 saturated carbocycles. The molecule has 3 atom stereocenters. The molecule has 0 fully saturated rings. The van der Waals surface area contributed by atoms with Gasteiger partial charge in [-0.25, -0.2) is 0 Å². The van der Waals surface area contributed by atoms with Gasteiger partial charge in [-0.2, -0.15) is 0 Å². The average Bonchev–Trinajstić information content (AvgIpc) is 3.44. The number of allylic oxidation sites excluding steroid dienone is 12. The highest BCUT2D eigenvalue weighted by Gasteiger charge is 2.43. The average molecular weight is 783 g/mol. The van der Waals surface area contributed by atoms with Gasteiger partial charge in [-0.15, -0.1) is 0 Å². The number of hydrogen-bond acceptors (Lipinski definition) is 1. The second-order valence-corrected chi connectivity index (χ2v) is 17.3. The van der Waals surface area contributed by atoms with E-state index in [1.807, 2.05) is 6.07 Å². The van der Waals surface area contributed by atoms with Crippen LogP contribution in [0.1, 0.15) is 68.7 Å². The number of nitrogens with zero attached hydrogens (tertiary/aromatic N) is 1. The number of benzene rings is 4. The predicted octanol–water partition coefficient (Wildman–Crippen LogP) is 12.9. The molecule has 294 valence electrons. The minimum atomic E-state index is -0.194. The lowest BCUT2D eigenvalue weighted by molar-refractivity contribution is -0.573. The highest BCUT2D eigenvalue weighted by Crippen LogP contribution is 2.52. The van der Waals surface area contributed by atoms with Crippen molar-refractivity contribution < 1.29 is 5.32 Å². The van der Waals surface area contributed by atoms with Gasteiger partial charge >= 0.3 is 0 Å². The van der Waals surface area contributed by atoms with Gasteiger partial charge in [0.15, 0.2) is 0 Å². The predicted molar refractivity (Wildman–Crippen MR) is 248 cm³/mol. The zero-order valence-electron chi connectivity index (χ0n) is 34.7. The number of fused-ring (bicyclic) bond motifs is 3. The SMILES string of the molecule is CC(C)CC[NH2+]c1ccc(Cl)cc1C(C/C=C/C=C/C=C/C=C1/N(C)c2ccc3ccccc3c2C1(C)Cc1ccccc1)(Cc1c#cccc1)CC1C=CC=CC1. The van der Waals surface area contributed by atoms with Crippen molar-refractivity contribution in [1.82, 2.24) is 0 Å². The van der Waals surface area contributed by atoms with Gasteiger partial charge < -0.3 is 10.2 Å². The third kappa shape index (κ3) is 9.51. The minimum absolute atomic E-state index is 0.188. The van der Waals surface area contributed by atoms with Crippen LogP contribution in [0.5, 0.6) is 0 Å². The van der Waals surface area contributed by atoms with Crippen LogP contribution < -0.4 is 10.2 Å². The van der Waals surface area contributed by atoms with Crippen molar-refractivity contribution in [3.63, 3.8) is 0 Å². The maximum atomic E-state index is 6.85. The number of halogens is 1. The number of nitrogens with two attached hydrogens (primary N) is 1. The van der Waals surface area contributed by atoms with Gasteiger partial charge in [-0.1, -0.05) is 165 Å². The molecule has 3 heteroatoms. The van der Waals surface area contributed by atoms with Crippen LogP contribution in [0.4, 0.5) is 11.4 Å². The summed E-state index contributed by atoms with van der Waals surface area (Å²) in [4.78, 5) is 2.39. The Hall–Kier alpha value is -5.33. The van der Waals surface area contributed by atoms with Crippen molar-refractivity contribution in [3.8, 4) is 0 Å². The van der Waals surface area contributed by atoms with Crippen LogP contribution in [0.15, 0.2) is 176 Å². The molecule has 1 heterocycles. The van der Waals surface area contributed by atoms with Crippen LogP contribution in [-0.2, 0) is 23.7 Å². The van der Waals surface area contributed by atoms with Crippen LogP contribution in [0.25, 0.3) is 10.8 Å². The van der Waals surface area contributed by atoms with Crippen molar-refractivity contribution >= 4 is 33.7 Å². The van der Waals surface area contributed by atoms with E-state index in [9.17, 15) is 0 Å². The smallest absolute Gasteiger partial charge is 0.133 e. The van der Waals surface area contributed by atoms with Gasteiger partial charge in [0.2, 0.25) is 0 Å². The van der Waals surface area contributed by atoms with Crippen LogP contribution in [0.2, 0.25) is 5.02 Å². The summed E-state index contributed by atoms with van der Waals surface area (Å²) in [5.41, 5.74) is 8.76. The minimum Gasteiger partial charge on any atom is -0.347 e. The second kappa shape index (κ2) is 18.9. The van der Waals surface area contributed by atoms with Gasteiger partial charge in [-0.05, 0) is 116 Å². The molecule has 0 aromatic heterocycles. The highest BCUT2D eigenvalue weighted by atomic mass is 35.5. The Morgan fingerprint density at radius 1 is 0.914 bits per heavy atom. The summed E-state index contributed by atoms with van der Waals surface area (Å²) in [6.45, 7) is 8.06. The number of rotatable bonds is 16. The van der Waals surface area contributed by atoms with E-state index in [4.69, 9.17) is 11.6 Å². The fourth-order valence-electron chi connectivity index (χ4n) is 9.36. The molecule has 0 bridgehead atoms. The van der Waals surface area contributed by atoms with E-state index in [0.717, 1.165) is 50.1 Å². The van der Waals surface area contributed by atoms with Crippen molar-refractivity contribution in [3.05, 3.63) is 215 Å². The maximum Gasteiger partial charge on any atom is 0.133 e. The molecule has 2 N–H and O–H groups in total. The summed E-state index contributed by atoms with van der Waals surface area (Å²) in [6.07, 6.45) is 30.5. The third-order valence-electron chi connectivity index (χ3n) is 12.1. The molecule has 0 saturated heterocycles. The summed E-state index contributed by atoms with van der Waals surface area (Å²) >= 11 is 6.85. The molecule has 2 nitrogen and oxygen atoms in total. The van der Waals surface area contributed by atoms with Crippen molar-refractivity contribution in [2.24, 2.45) is 11.8 Å². The Morgan fingerprint density at radius 3 is 2.52 bits per heavy atom. The first-order valence-electron chi connectivity index (χ1n) is 21.1. The molecule has 1 aliphatic carbocycles. The van der Waals surface area contributed by atoms with E-state index in [1.165, 1.54) is 50.1 Å². The number of likely N-dealkylation sites (N-methyl/N-ethyl adjacent to an activating group) is 1. The molecule has 3 unspecified atom stereocenters. The Labute approximate surface area is 353 Å². The van der Waals surface area contributed by atoms with Gasteiger partial charge in [0, 0.05) is 51.5 Å². The summed E-state index contributed by atoms with van der Waals surface area (Å²) in [5, 5.41) is 5.84. The number of hydrogen-bond donors (Lipinski definition) is 1. The van der Waals surface area contributed by atoms with E-state index in [-0.39, 0.29) is 10.8 Å². The first-order valence-corrected chi connectivity index (χ1v) is 21.5. The lowest BCUT2D eigenvalue weighted by Crippen LogP contribution is -2.79. The van der Waals surface area contributed by atoms with E-state index in [2.05, 4.69) is 214 Å². The third-order valence-corrected chi connectivity index (χ3v) is 12.4. The Morgan fingerprint density at radius 2 is 1.72 bits per heavy atom. The van der Waals surface area contributed by atoms with Crippen molar-refractivity contribution in [2.45, 2.75) is 70.1 Å². The fourth-order valence-corrected chi connectivity index (χ4v) is 9.53. The largest absolute Gasteiger partial charge is 0.347 e. The molecule has 2 aliphatic rings. The summed E-state index contributed by atoms with van der Waals surface area (Å²) < 4.78 is 0. The normalized spacial score (nSPS) is 19.6. The van der Waals surface area contributed by atoms with Crippen LogP contribution in [-0.4, -0.2) is 13.6 Å². The molecular formula is C55H58ClN2+. The molecule has 58 heavy (non-hydrogen) atoms. The Kier molecular flexibility index (Phi) is 13.3. The topological polar surface area (TPSA) is 19.9 Å².